The van der Waals surface area contributed by atoms with Crippen molar-refractivity contribution in [2.24, 2.45) is 0 Å². The number of nitro benzene ring substituents is 1. The van der Waals surface area contributed by atoms with Crippen molar-refractivity contribution in [2.75, 3.05) is 6.79 Å². The molecule has 0 heterocycles. The van der Waals surface area contributed by atoms with Crippen LogP contribution in [0.15, 0.2) is 60.7 Å². The van der Waals surface area contributed by atoms with Crippen molar-refractivity contribution in [3.8, 4) is 11.5 Å². The van der Waals surface area contributed by atoms with Gasteiger partial charge in [-0.25, -0.2) is 0 Å². The Balaban J connectivity index is 1.70. The molecule has 0 spiro atoms. The van der Waals surface area contributed by atoms with Crippen molar-refractivity contribution in [1.82, 2.24) is 0 Å². The summed E-state index contributed by atoms with van der Waals surface area (Å²) < 4.78 is 11.4. The van der Waals surface area contributed by atoms with Gasteiger partial charge in [0.25, 0.3) is 5.69 Å². The first-order chi connectivity index (χ1) is 12.6. The number of hydrogen-bond acceptors (Lipinski definition) is 4. The summed E-state index contributed by atoms with van der Waals surface area (Å²) >= 11 is 0. The SMILES string of the molecule is CCC(C)c1ccc(OCOc2ccc([N+](=O)[O-])c3ccccc23)cc1. The van der Waals surface area contributed by atoms with Crippen molar-refractivity contribution in [2.45, 2.75) is 26.2 Å². The average molecular weight is 351 g/mol. The van der Waals surface area contributed by atoms with Gasteiger partial charge in [-0.3, -0.25) is 10.1 Å². The quantitative estimate of drug-likeness (QED) is 0.312. The maximum atomic E-state index is 11.2. The second-order valence-corrected chi connectivity index (χ2v) is 6.17. The standard InChI is InChI=1S/C21H21NO4/c1-3-15(2)16-8-10-17(11-9-16)25-14-26-21-13-12-20(22(23)24)18-6-4-5-7-19(18)21/h4-13,15H,3,14H2,1-2H3. The van der Waals surface area contributed by atoms with Gasteiger partial charge in [0.05, 0.1) is 10.3 Å². The second-order valence-electron chi connectivity index (χ2n) is 6.17. The molecule has 0 saturated heterocycles. The minimum Gasteiger partial charge on any atom is -0.458 e. The number of non-ortho nitro benzene ring substituents is 1. The first-order valence-corrected chi connectivity index (χ1v) is 8.62. The van der Waals surface area contributed by atoms with Crippen molar-refractivity contribution >= 4 is 16.5 Å². The third-order valence-electron chi connectivity index (χ3n) is 4.56. The second kappa shape index (κ2) is 7.87. The summed E-state index contributed by atoms with van der Waals surface area (Å²) in [4.78, 5) is 10.8. The number of benzene rings is 3. The van der Waals surface area contributed by atoms with Gasteiger partial charge in [0.1, 0.15) is 11.5 Å². The Bertz CT molecular complexity index is 906. The predicted molar refractivity (Wildman–Crippen MR) is 102 cm³/mol. The molecule has 3 rings (SSSR count). The molecule has 0 N–H and O–H groups in total. The molecule has 3 aromatic carbocycles. The van der Waals surface area contributed by atoms with Gasteiger partial charge in [-0.2, -0.15) is 0 Å². The normalized spacial score (nSPS) is 11.9. The Labute approximate surface area is 152 Å². The molecule has 1 unspecified atom stereocenters. The molecular formula is C21H21NO4. The molecule has 0 aliphatic carbocycles. The lowest BCUT2D eigenvalue weighted by atomic mass is 9.99. The molecule has 1 atom stereocenters. The van der Waals surface area contributed by atoms with E-state index in [0.29, 0.717) is 22.4 Å². The molecule has 0 saturated carbocycles. The van der Waals surface area contributed by atoms with E-state index >= 15 is 0 Å². The van der Waals surface area contributed by atoms with E-state index in [0.717, 1.165) is 12.2 Å². The third-order valence-corrected chi connectivity index (χ3v) is 4.56. The maximum absolute atomic E-state index is 11.2. The molecule has 3 aromatic rings. The molecule has 134 valence electrons. The zero-order valence-electron chi connectivity index (χ0n) is 14.8. The number of nitrogens with zero attached hydrogens (tertiary/aromatic N) is 1. The first-order valence-electron chi connectivity index (χ1n) is 8.62. The Morgan fingerprint density at radius 3 is 2.31 bits per heavy atom. The smallest absolute Gasteiger partial charge is 0.277 e. The summed E-state index contributed by atoms with van der Waals surface area (Å²) in [6.07, 6.45) is 1.09. The van der Waals surface area contributed by atoms with E-state index in [1.807, 2.05) is 18.2 Å². The fourth-order valence-electron chi connectivity index (χ4n) is 2.83. The van der Waals surface area contributed by atoms with Crippen LogP contribution in [0.2, 0.25) is 0 Å². The van der Waals surface area contributed by atoms with Crippen LogP contribution in [0.3, 0.4) is 0 Å². The Morgan fingerprint density at radius 1 is 0.962 bits per heavy atom. The van der Waals surface area contributed by atoms with Gasteiger partial charge < -0.3 is 9.47 Å². The summed E-state index contributed by atoms with van der Waals surface area (Å²) in [6, 6.07) is 18.2. The van der Waals surface area contributed by atoms with Crippen LogP contribution in [0.4, 0.5) is 5.69 Å². The van der Waals surface area contributed by atoms with E-state index in [1.165, 1.54) is 11.6 Å². The Hall–Kier alpha value is -3.08. The van der Waals surface area contributed by atoms with Crippen LogP contribution >= 0.6 is 0 Å². The van der Waals surface area contributed by atoms with E-state index in [9.17, 15) is 10.1 Å². The highest BCUT2D eigenvalue weighted by molar-refractivity contribution is 5.95. The van der Waals surface area contributed by atoms with Crippen LogP contribution in [-0.4, -0.2) is 11.7 Å². The highest BCUT2D eigenvalue weighted by Crippen LogP contribution is 2.32. The summed E-state index contributed by atoms with van der Waals surface area (Å²) in [5.41, 5.74) is 1.34. The summed E-state index contributed by atoms with van der Waals surface area (Å²) in [7, 11) is 0. The lowest BCUT2D eigenvalue weighted by Gasteiger charge is -2.12. The van der Waals surface area contributed by atoms with Crippen molar-refractivity contribution in [3.63, 3.8) is 0 Å². The average Bonchev–Trinajstić information content (AvgIpc) is 2.67. The first kappa shape index (κ1) is 17.7. The van der Waals surface area contributed by atoms with Gasteiger partial charge in [0.2, 0.25) is 6.79 Å². The van der Waals surface area contributed by atoms with Crippen LogP contribution in [0, 0.1) is 10.1 Å². The molecular weight excluding hydrogens is 330 g/mol. The number of rotatable bonds is 7. The van der Waals surface area contributed by atoms with Gasteiger partial charge >= 0.3 is 0 Å². The molecule has 0 aliphatic rings. The van der Waals surface area contributed by atoms with Gasteiger partial charge in [-0.1, -0.05) is 44.2 Å². The maximum Gasteiger partial charge on any atom is 0.277 e. The summed E-state index contributed by atoms with van der Waals surface area (Å²) in [5, 5.41) is 12.4. The van der Waals surface area contributed by atoms with Crippen molar-refractivity contribution < 1.29 is 14.4 Å². The minimum absolute atomic E-state index is 0.0322. The molecule has 0 bridgehead atoms. The molecule has 0 radical (unpaired) electrons. The summed E-state index contributed by atoms with van der Waals surface area (Å²) in [5.74, 6) is 1.80. The summed E-state index contributed by atoms with van der Waals surface area (Å²) in [6.45, 7) is 4.39. The lowest BCUT2D eigenvalue weighted by molar-refractivity contribution is -0.383. The van der Waals surface area contributed by atoms with Crippen molar-refractivity contribution in [3.05, 3.63) is 76.3 Å². The highest BCUT2D eigenvalue weighted by Gasteiger charge is 2.14. The van der Waals surface area contributed by atoms with Crippen LogP contribution in [0.25, 0.3) is 10.8 Å². The van der Waals surface area contributed by atoms with E-state index in [2.05, 4.69) is 26.0 Å². The fraction of sp³-hybridized carbons (Fsp3) is 0.238. The monoisotopic (exact) mass is 351 g/mol. The van der Waals surface area contributed by atoms with Crippen LogP contribution in [0.5, 0.6) is 11.5 Å². The minimum atomic E-state index is -0.387. The molecule has 5 heteroatoms. The zero-order chi connectivity index (χ0) is 18.5. The van der Waals surface area contributed by atoms with Gasteiger partial charge in [0, 0.05) is 11.5 Å². The van der Waals surface area contributed by atoms with Gasteiger partial charge in [0.15, 0.2) is 0 Å². The van der Waals surface area contributed by atoms with Crippen LogP contribution < -0.4 is 9.47 Å². The molecule has 0 aromatic heterocycles. The number of nitro groups is 1. The van der Waals surface area contributed by atoms with E-state index in [1.54, 1.807) is 24.3 Å². The topological polar surface area (TPSA) is 61.6 Å². The van der Waals surface area contributed by atoms with Crippen molar-refractivity contribution in [1.29, 1.82) is 0 Å². The van der Waals surface area contributed by atoms with Crippen LogP contribution in [0.1, 0.15) is 31.7 Å². The zero-order valence-corrected chi connectivity index (χ0v) is 14.8. The number of hydrogen-bond donors (Lipinski definition) is 0. The largest absolute Gasteiger partial charge is 0.458 e. The molecule has 5 nitrogen and oxygen atoms in total. The molecule has 0 aliphatic heterocycles. The van der Waals surface area contributed by atoms with E-state index in [4.69, 9.17) is 9.47 Å². The van der Waals surface area contributed by atoms with Gasteiger partial charge in [-0.15, -0.1) is 0 Å². The van der Waals surface area contributed by atoms with Crippen LogP contribution in [-0.2, 0) is 0 Å². The third kappa shape index (κ3) is 3.77. The van der Waals surface area contributed by atoms with E-state index < -0.39 is 0 Å². The molecule has 0 fully saturated rings. The Kier molecular flexibility index (Phi) is 5.37. The van der Waals surface area contributed by atoms with Gasteiger partial charge in [-0.05, 0) is 42.2 Å². The van der Waals surface area contributed by atoms with E-state index in [-0.39, 0.29) is 17.4 Å². The number of fused-ring (bicyclic) bond motifs is 1. The highest BCUT2D eigenvalue weighted by atomic mass is 16.7. The molecule has 26 heavy (non-hydrogen) atoms. The number of ether oxygens (including phenoxy) is 2. The Morgan fingerprint density at radius 2 is 1.65 bits per heavy atom. The molecule has 0 amide bonds. The lowest BCUT2D eigenvalue weighted by Crippen LogP contribution is -2.06. The fourth-order valence-corrected chi connectivity index (χ4v) is 2.83. The predicted octanol–water partition coefficient (Wildman–Crippen LogP) is 5.68.